The molecule has 0 amide bonds. The minimum absolute atomic E-state index is 0.419. The molecular weight excluding hydrogens is 206 g/mol. The number of aromatic nitrogens is 1. The Balaban J connectivity index is 1.91. The summed E-state index contributed by atoms with van der Waals surface area (Å²) in [6, 6.07) is 0.998. The Labute approximate surface area is 95.1 Å². The predicted octanol–water partition coefficient (Wildman–Crippen LogP) is 2.44. The first kappa shape index (κ1) is 10.9. The zero-order valence-electron chi connectivity index (χ0n) is 9.42. The van der Waals surface area contributed by atoms with Crippen LogP contribution >= 0.6 is 11.3 Å². The molecule has 1 aromatic heterocycles. The van der Waals surface area contributed by atoms with Crippen LogP contribution in [0.2, 0.25) is 0 Å². The molecule has 2 rings (SSSR count). The van der Waals surface area contributed by atoms with Gasteiger partial charge in [-0.05, 0) is 39.5 Å². The molecule has 1 aliphatic carbocycles. The minimum Gasteiger partial charge on any atom is -0.359 e. The molecule has 1 aliphatic rings. The number of hydrogen-bond donors (Lipinski definition) is 2. The summed E-state index contributed by atoms with van der Waals surface area (Å²) in [5.74, 6) is 0. The quantitative estimate of drug-likeness (QED) is 0.813. The van der Waals surface area contributed by atoms with Crippen LogP contribution in [-0.2, 0) is 0 Å². The van der Waals surface area contributed by atoms with Gasteiger partial charge < -0.3 is 11.1 Å². The Morgan fingerprint density at radius 3 is 2.47 bits per heavy atom. The van der Waals surface area contributed by atoms with E-state index in [2.05, 4.69) is 24.1 Å². The first-order valence-corrected chi connectivity index (χ1v) is 6.43. The van der Waals surface area contributed by atoms with Crippen LogP contribution in [0, 0.1) is 13.8 Å². The van der Waals surface area contributed by atoms with Gasteiger partial charge in [-0.25, -0.2) is 4.98 Å². The molecule has 3 N–H and O–H groups in total. The molecule has 0 atom stereocenters. The molecule has 0 spiro atoms. The molecule has 15 heavy (non-hydrogen) atoms. The Morgan fingerprint density at radius 2 is 1.93 bits per heavy atom. The van der Waals surface area contributed by atoms with Gasteiger partial charge in [0.15, 0.2) is 5.13 Å². The maximum absolute atomic E-state index is 5.88. The number of rotatable bonds is 2. The SMILES string of the molecule is Cc1nc(NC2CCC(N)CC2)sc1C. The normalized spacial score (nSPS) is 26.6. The fourth-order valence-electron chi connectivity index (χ4n) is 1.97. The van der Waals surface area contributed by atoms with E-state index in [1.807, 2.05) is 0 Å². The zero-order chi connectivity index (χ0) is 10.8. The topological polar surface area (TPSA) is 50.9 Å². The smallest absolute Gasteiger partial charge is 0.183 e. The third kappa shape index (κ3) is 2.69. The highest BCUT2D eigenvalue weighted by Gasteiger charge is 2.19. The standard InChI is InChI=1S/C11H19N3S/c1-7-8(2)15-11(13-7)14-10-5-3-9(12)4-6-10/h9-10H,3-6,12H2,1-2H3,(H,13,14). The summed E-state index contributed by atoms with van der Waals surface area (Å²) in [5.41, 5.74) is 7.03. The Morgan fingerprint density at radius 1 is 1.27 bits per heavy atom. The van der Waals surface area contributed by atoms with E-state index in [0.717, 1.165) is 23.7 Å². The van der Waals surface area contributed by atoms with Crippen molar-refractivity contribution in [1.29, 1.82) is 0 Å². The third-order valence-corrected chi connectivity index (χ3v) is 4.13. The van der Waals surface area contributed by atoms with Crippen LogP contribution in [0.4, 0.5) is 5.13 Å². The van der Waals surface area contributed by atoms with Crippen molar-refractivity contribution < 1.29 is 0 Å². The zero-order valence-corrected chi connectivity index (χ0v) is 10.2. The summed E-state index contributed by atoms with van der Waals surface area (Å²) in [6.45, 7) is 4.18. The van der Waals surface area contributed by atoms with Gasteiger partial charge in [0.1, 0.15) is 0 Å². The molecule has 84 valence electrons. The molecule has 0 aliphatic heterocycles. The molecule has 0 radical (unpaired) electrons. The van der Waals surface area contributed by atoms with E-state index < -0.39 is 0 Å². The van der Waals surface area contributed by atoms with Gasteiger partial charge in [-0.2, -0.15) is 0 Å². The van der Waals surface area contributed by atoms with Crippen molar-refractivity contribution in [3.63, 3.8) is 0 Å². The van der Waals surface area contributed by atoms with Crippen molar-refractivity contribution in [1.82, 2.24) is 4.98 Å². The van der Waals surface area contributed by atoms with Gasteiger partial charge in [0.25, 0.3) is 0 Å². The van der Waals surface area contributed by atoms with Crippen LogP contribution in [-0.4, -0.2) is 17.1 Å². The van der Waals surface area contributed by atoms with Crippen molar-refractivity contribution in [2.24, 2.45) is 5.73 Å². The maximum Gasteiger partial charge on any atom is 0.183 e. The largest absolute Gasteiger partial charge is 0.359 e. The highest BCUT2D eigenvalue weighted by molar-refractivity contribution is 7.15. The molecule has 1 saturated carbocycles. The number of aryl methyl sites for hydroxylation is 2. The van der Waals surface area contributed by atoms with E-state index in [-0.39, 0.29) is 0 Å². The lowest BCUT2D eigenvalue weighted by atomic mass is 9.92. The molecular formula is C11H19N3S. The fourth-order valence-corrected chi connectivity index (χ4v) is 2.86. The average molecular weight is 225 g/mol. The van der Waals surface area contributed by atoms with E-state index in [1.54, 1.807) is 11.3 Å². The summed E-state index contributed by atoms with van der Waals surface area (Å²) in [4.78, 5) is 5.81. The van der Waals surface area contributed by atoms with Crippen LogP contribution in [0.3, 0.4) is 0 Å². The first-order valence-electron chi connectivity index (χ1n) is 5.61. The van der Waals surface area contributed by atoms with Gasteiger partial charge in [-0.3, -0.25) is 0 Å². The number of nitrogens with zero attached hydrogens (tertiary/aromatic N) is 1. The highest BCUT2D eigenvalue weighted by Crippen LogP contribution is 2.25. The van der Waals surface area contributed by atoms with Crippen LogP contribution < -0.4 is 11.1 Å². The van der Waals surface area contributed by atoms with Crippen LogP contribution in [0.1, 0.15) is 36.3 Å². The molecule has 0 unspecified atom stereocenters. The van der Waals surface area contributed by atoms with Gasteiger partial charge in [-0.15, -0.1) is 11.3 Å². The summed E-state index contributed by atoms with van der Waals surface area (Å²) in [5, 5.41) is 4.59. The summed E-state index contributed by atoms with van der Waals surface area (Å²) in [7, 11) is 0. The second-order valence-corrected chi connectivity index (χ2v) is 5.62. The lowest BCUT2D eigenvalue weighted by molar-refractivity contribution is 0.411. The second kappa shape index (κ2) is 4.49. The van der Waals surface area contributed by atoms with E-state index in [1.165, 1.54) is 17.7 Å². The Bertz CT molecular complexity index is 307. The Hall–Kier alpha value is -0.610. The van der Waals surface area contributed by atoms with Crippen LogP contribution in [0.5, 0.6) is 0 Å². The monoisotopic (exact) mass is 225 g/mol. The van der Waals surface area contributed by atoms with E-state index in [4.69, 9.17) is 5.73 Å². The predicted molar refractivity (Wildman–Crippen MR) is 65.4 cm³/mol. The molecule has 1 fully saturated rings. The second-order valence-electron chi connectivity index (χ2n) is 4.42. The number of nitrogens with one attached hydrogen (secondary N) is 1. The van der Waals surface area contributed by atoms with Gasteiger partial charge in [0.2, 0.25) is 0 Å². The highest BCUT2D eigenvalue weighted by atomic mass is 32.1. The number of anilines is 1. The lowest BCUT2D eigenvalue weighted by Crippen LogP contribution is -2.32. The van der Waals surface area contributed by atoms with E-state index in [9.17, 15) is 0 Å². The van der Waals surface area contributed by atoms with Crippen LogP contribution in [0.15, 0.2) is 0 Å². The van der Waals surface area contributed by atoms with Crippen LogP contribution in [0.25, 0.3) is 0 Å². The molecule has 1 aromatic rings. The maximum atomic E-state index is 5.88. The molecule has 0 bridgehead atoms. The van der Waals surface area contributed by atoms with E-state index in [0.29, 0.717) is 12.1 Å². The van der Waals surface area contributed by atoms with Crippen molar-refractivity contribution in [3.05, 3.63) is 10.6 Å². The van der Waals surface area contributed by atoms with Crippen molar-refractivity contribution in [2.75, 3.05) is 5.32 Å². The average Bonchev–Trinajstić information content (AvgIpc) is 2.50. The van der Waals surface area contributed by atoms with Gasteiger partial charge in [0.05, 0.1) is 5.69 Å². The lowest BCUT2D eigenvalue weighted by Gasteiger charge is -2.26. The van der Waals surface area contributed by atoms with Gasteiger partial charge in [0, 0.05) is 17.0 Å². The summed E-state index contributed by atoms with van der Waals surface area (Å²) >= 11 is 1.76. The fraction of sp³-hybridized carbons (Fsp3) is 0.727. The third-order valence-electron chi connectivity index (χ3n) is 3.13. The molecule has 4 heteroatoms. The number of hydrogen-bond acceptors (Lipinski definition) is 4. The van der Waals surface area contributed by atoms with Crippen molar-refractivity contribution in [3.8, 4) is 0 Å². The van der Waals surface area contributed by atoms with Crippen molar-refractivity contribution in [2.45, 2.75) is 51.6 Å². The molecule has 0 saturated heterocycles. The molecule has 0 aromatic carbocycles. The number of thiazole rings is 1. The minimum atomic E-state index is 0.419. The molecule has 1 heterocycles. The number of nitrogens with two attached hydrogens (primary N) is 1. The molecule has 3 nitrogen and oxygen atoms in total. The Kier molecular flexibility index (Phi) is 3.26. The van der Waals surface area contributed by atoms with Gasteiger partial charge >= 0.3 is 0 Å². The van der Waals surface area contributed by atoms with E-state index >= 15 is 0 Å². The summed E-state index contributed by atoms with van der Waals surface area (Å²) < 4.78 is 0. The van der Waals surface area contributed by atoms with Gasteiger partial charge in [-0.1, -0.05) is 0 Å². The van der Waals surface area contributed by atoms with Crippen molar-refractivity contribution >= 4 is 16.5 Å². The summed E-state index contributed by atoms with van der Waals surface area (Å²) in [6.07, 6.45) is 4.64. The first-order chi connectivity index (χ1) is 7.15.